The molecular weight excluding hydrogens is 398 g/mol. The molecule has 1 amide bonds. The zero-order valence-corrected chi connectivity index (χ0v) is 18.1. The maximum absolute atomic E-state index is 12.3. The number of aromatic nitrogens is 2. The highest BCUT2D eigenvalue weighted by Crippen LogP contribution is 2.20. The van der Waals surface area contributed by atoms with Crippen LogP contribution in [0, 0.1) is 13.8 Å². The van der Waals surface area contributed by atoms with Gasteiger partial charge < -0.3 is 16.0 Å². The molecule has 160 valence electrons. The van der Waals surface area contributed by atoms with E-state index in [9.17, 15) is 4.79 Å². The molecule has 0 bridgehead atoms. The Hall–Kier alpha value is -4.19. The number of carbonyl (C=O) groups excluding carboxylic acids is 1. The van der Waals surface area contributed by atoms with E-state index in [1.807, 2.05) is 98.8 Å². The fraction of sp³-hybridized carbons (Fsp3) is 0.115. The van der Waals surface area contributed by atoms with Gasteiger partial charge in [-0.25, -0.2) is 4.98 Å². The van der Waals surface area contributed by atoms with Crippen LogP contribution in [0.15, 0.2) is 84.9 Å². The van der Waals surface area contributed by atoms with E-state index in [2.05, 4.69) is 25.9 Å². The smallest absolute Gasteiger partial charge is 0.229 e. The minimum atomic E-state index is -0.0480. The number of carbonyl (C=O) groups is 1. The van der Waals surface area contributed by atoms with Gasteiger partial charge in [-0.05, 0) is 55.8 Å². The number of anilines is 5. The van der Waals surface area contributed by atoms with Crippen LogP contribution in [0.3, 0.4) is 0 Å². The van der Waals surface area contributed by atoms with Crippen LogP contribution >= 0.6 is 0 Å². The number of hydrogen-bond acceptors (Lipinski definition) is 5. The monoisotopic (exact) mass is 423 g/mol. The van der Waals surface area contributed by atoms with Crippen molar-refractivity contribution in [2.45, 2.75) is 20.3 Å². The van der Waals surface area contributed by atoms with Gasteiger partial charge in [-0.1, -0.05) is 48.0 Å². The van der Waals surface area contributed by atoms with E-state index in [-0.39, 0.29) is 5.91 Å². The molecular formula is C26H25N5O. The number of para-hydroxylation sites is 1. The van der Waals surface area contributed by atoms with E-state index in [0.29, 0.717) is 18.2 Å². The van der Waals surface area contributed by atoms with Gasteiger partial charge in [0.05, 0.1) is 6.42 Å². The van der Waals surface area contributed by atoms with Gasteiger partial charge in [-0.15, -0.1) is 0 Å². The van der Waals surface area contributed by atoms with Crippen molar-refractivity contribution in [3.05, 3.63) is 102 Å². The largest absolute Gasteiger partial charge is 0.340 e. The van der Waals surface area contributed by atoms with Gasteiger partial charge in [-0.2, -0.15) is 4.98 Å². The average Bonchev–Trinajstić information content (AvgIpc) is 2.77. The summed E-state index contributed by atoms with van der Waals surface area (Å²) >= 11 is 0. The first kappa shape index (κ1) is 21.1. The van der Waals surface area contributed by atoms with Crippen molar-refractivity contribution in [3.8, 4) is 0 Å². The topological polar surface area (TPSA) is 78.9 Å². The second-order valence-corrected chi connectivity index (χ2v) is 7.62. The molecule has 0 radical (unpaired) electrons. The summed E-state index contributed by atoms with van der Waals surface area (Å²) in [6.07, 6.45) is 0.342. The molecule has 0 aliphatic carbocycles. The van der Waals surface area contributed by atoms with Crippen molar-refractivity contribution >= 4 is 34.7 Å². The lowest BCUT2D eigenvalue weighted by molar-refractivity contribution is -0.115. The van der Waals surface area contributed by atoms with Crippen molar-refractivity contribution in [2.75, 3.05) is 16.0 Å². The summed E-state index contributed by atoms with van der Waals surface area (Å²) in [6, 6.07) is 27.2. The number of benzene rings is 3. The lowest BCUT2D eigenvalue weighted by Crippen LogP contribution is -2.14. The molecule has 32 heavy (non-hydrogen) atoms. The molecule has 3 N–H and O–H groups in total. The second-order valence-electron chi connectivity index (χ2n) is 7.62. The normalized spacial score (nSPS) is 10.4. The van der Waals surface area contributed by atoms with Crippen molar-refractivity contribution in [1.29, 1.82) is 0 Å². The Morgan fingerprint density at radius 1 is 0.750 bits per heavy atom. The summed E-state index contributed by atoms with van der Waals surface area (Å²) < 4.78 is 0. The minimum absolute atomic E-state index is 0.0480. The molecule has 0 aliphatic heterocycles. The van der Waals surface area contributed by atoms with Crippen molar-refractivity contribution in [3.63, 3.8) is 0 Å². The number of hydrogen-bond donors (Lipinski definition) is 3. The van der Waals surface area contributed by atoms with E-state index in [1.54, 1.807) is 0 Å². The Kier molecular flexibility index (Phi) is 6.41. The quantitative estimate of drug-likeness (QED) is 0.352. The van der Waals surface area contributed by atoms with Crippen molar-refractivity contribution in [1.82, 2.24) is 9.97 Å². The molecule has 6 nitrogen and oxygen atoms in total. The highest BCUT2D eigenvalue weighted by atomic mass is 16.1. The summed E-state index contributed by atoms with van der Waals surface area (Å²) in [7, 11) is 0. The van der Waals surface area contributed by atoms with Crippen LogP contribution in [-0.4, -0.2) is 15.9 Å². The molecule has 0 saturated heterocycles. The third-order valence-electron chi connectivity index (χ3n) is 4.81. The Bertz CT molecular complexity index is 1190. The zero-order chi connectivity index (χ0) is 22.3. The molecule has 0 unspecified atom stereocenters. The lowest BCUT2D eigenvalue weighted by atomic mass is 10.1. The molecule has 6 heteroatoms. The third-order valence-corrected chi connectivity index (χ3v) is 4.81. The van der Waals surface area contributed by atoms with Crippen LogP contribution in [0.2, 0.25) is 0 Å². The summed E-state index contributed by atoms with van der Waals surface area (Å²) in [5.41, 5.74) is 5.55. The van der Waals surface area contributed by atoms with Crippen LogP contribution in [0.4, 0.5) is 28.8 Å². The zero-order valence-electron chi connectivity index (χ0n) is 18.1. The Balaban J connectivity index is 1.38. The van der Waals surface area contributed by atoms with Gasteiger partial charge in [0.1, 0.15) is 5.82 Å². The maximum Gasteiger partial charge on any atom is 0.229 e. The highest BCUT2D eigenvalue weighted by Gasteiger charge is 2.06. The van der Waals surface area contributed by atoms with Gasteiger partial charge in [0, 0.05) is 28.8 Å². The second kappa shape index (κ2) is 9.75. The van der Waals surface area contributed by atoms with Crippen LogP contribution in [0.1, 0.15) is 16.8 Å². The summed E-state index contributed by atoms with van der Waals surface area (Å²) in [6.45, 7) is 3.96. The number of nitrogens with one attached hydrogen (secondary N) is 3. The van der Waals surface area contributed by atoms with Crippen LogP contribution < -0.4 is 16.0 Å². The van der Waals surface area contributed by atoms with E-state index >= 15 is 0 Å². The molecule has 1 aromatic heterocycles. The van der Waals surface area contributed by atoms with E-state index in [1.165, 1.54) is 5.56 Å². The predicted molar refractivity (Wildman–Crippen MR) is 130 cm³/mol. The number of rotatable bonds is 7. The van der Waals surface area contributed by atoms with Crippen LogP contribution in [-0.2, 0) is 11.2 Å². The van der Waals surface area contributed by atoms with Gasteiger partial charge in [0.15, 0.2) is 0 Å². The summed E-state index contributed by atoms with van der Waals surface area (Å²) in [4.78, 5) is 21.3. The van der Waals surface area contributed by atoms with E-state index in [4.69, 9.17) is 0 Å². The highest BCUT2D eigenvalue weighted by molar-refractivity contribution is 5.92. The first-order valence-electron chi connectivity index (χ1n) is 10.4. The number of aryl methyl sites for hydroxylation is 2. The number of amides is 1. The minimum Gasteiger partial charge on any atom is -0.340 e. The average molecular weight is 424 g/mol. The van der Waals surface area contributed by atoms with Gasteiger partial charge in [-0.3, -0.25) is 4.79 Å². The lowest BCUT2D eigenvalue weighted by Gasteiger charge is -2.11. The molecule has 4 aromatic rings. The standard InChI is InChI=1S/C26H25N5O/c1-18-8-10-20(11-9-18)17-25(32)29-22-12-14-23(15-13-22)30-26-27-19(2)16-24(31-26)28-21-6-4-3-5-7-21/h3-16H,17H2,1-2H3,(H,29,32)(H2,27,28,30,31). The van der Waals surface area contributed by atoms with Gasteiger partial charge in [0.25, 0.3) is 0 Å². The first-order chi connectivity index (χ1) is 15.5. The van der Waals surface area contributed by atoms with E-state index < -0.39 is 0 Å². The summed E-state index contributed by atoms with van der Waals surface area (Å²) in [5.74, 6) is 1.17. The fourth-order valence-corrected chi connectivity index (χ4v) is 3.22. The van der Waals surface area contributed by atoms with Crippen molar-refractivity contribution < 1.29 is 4.79 Å². The summed E-state index contributed by atoms with van der Waals surface area (Å²) in [5, 5.41) is 9.44. The van der Waals surface area contributed by atoms with E-state index in [0.717, 1.165) is 28.3 Å². The molecule has 4 rings (SSSR count). The van der Waals surface area contributed by atoms with Crippen LogP contribution in [0.5, 0.6) is 0 Å². The van der Waals surface area contributed by atoms with Crippen molar-refractivity contribution in [2.24, 2.45) is 0 Å². The Morgan fingerprint density at radius 2 is 1.41 bits per heavy atom. The predicted octanol–water partition coefficient (Wildman–Crippen LogP) is 5.76. The van der Waals surface area contributed by atoms with Gasteiger partial charge in [0.2, 0.25) is 11.9 Å². The number of nitrogens with zero attached hydrogens (tertiary/aromatic N) is 2. The molecule has 0 aliphatic rings. The maximum atomic E-state index is 12.3. The van der Waals surface area contributed by atoms with Crippen LogP contribution in [0.25, 0.3) is 0 Å². The first-order valence-corrected chi connectivity index (χ1v) is 10.4. The molecule has 0 fully saturated rings. The Labute approximate surface area is 187 Å². The van der Waals surface area contributed by atoms with Gasteiger partial charge >= 0.3 is 0 Å². The molecule has 0 atom stereocenters. The Morgan fingerprint density at radius 3 is 2.12 bits per heavy atom. The molecule has 0 spiro atoms. The SMILES string of the molecule is Cc1ccc(CC(=O)Nc2ccc(Nc3nc(C)cc(Nc4ccccc4)n3)cc2)cc1. The molecule has 1 heterocycles. The fourth-order valence-electron chi connectivity index (χ4n) is 3.22. The molecule has 3 aromatic carbocycles. The molecule has 0 saturated carbocycles. The third kappa shape index (κ3) is 5.92.